The third-order valence-electron chi connectivity index (χ3n) is 1.93. The first-order chi connectivity index (χ1) is 6.81. The molecular formula is C10H11N3S. The lowest BCUT2D eigenvalue weighted by Gasteiger charge is -1.99. The van der Waals surface area contributed by atoms with Gasteiger partial charge in [-0.25, -0.2) is 0 Å². The maximum atomic E-state index is 5.78. The zero-order valence-electron chi connectivity index (χ0n) is 7.90. The molecule has 0 atom stereocenters. The van der Waals surface area contributed by atoms with Crippen molar-refractivity contribution in [3.05, 3.63) is 29.3 Å². The summed E-state index contributed by atoms with van der Waals surface area (Å²) >= 11 is 1.66. The molecule has 0 aliphatic heterocycles. The molecule has 0 aliphatic rings. The molecule has 2 rings (SSSR count). The fraction of sp³-hybridized carbons (Fsp3) is 0.200. The maximum absolute atomic E-state index is 5.78. The molecule has 0 bridgehead atoms. The number of amidine groups is 1. The van der Waals surface area contributed by atoms with Crippen LogP contribution < -0.4 is 5.73 Å². The second-order valence-corrected chi connectivity index (χ2v) is 3.84. The third-order valence-corrected chi connectivity index (χ3v) is 2.78. The van der Waals surface area contributed by atoms with E-state index in [0.717, 1.165) is 15.8 Å². The highest BCUT2D eigenvalue weighted by Crippen LogP contribution is 2.19. The summed E-state index contributed by atoms with van der Waals surface area (Å²) in [6, 6.07) is 4.03. The molecule has 2 heterocycles. The van der Waals surface area contributed by atoms with E-state index in [-0.39, 0.29) is 0 Å². The van der Waals surface area contributed by atoms with Crippen molar-refractivity contribution in [2.75, 3.05) is 6.54 Å². The minimum atomic E-state index is 0.565. The summed E-state index contributed by atoms with van der Waals surface area (Å²) in [5.41, 5.74) is 7.70. The van der Waals surface area contributed by atoms with Crippen molar-refractivity contribution in [3.8, 4) is 0 Å². The molecule has 0 fully saturated rings. The molecule has 0 radical (unpaired) electrons. The van der Waals surface area contributed by atoms with Crippen LogP contribution in [0.3, 0.4) is 0 Å². The molecule has 72 valence electrons. The van der Waals surface area contributed by atoms with Gasteiger partial charge in [-0.15, -0.1) is 11.3 Å². The molecular weight excluding hydrogens is 194 g/mol. The number of rotatable bonds is 2. The van der Waals surface area contributed by atoms with Crippen molar-refractivity contribution in [3.63, 3.8) is 0 Å². The van der Waals surface area contributed by atoms with Gasteiger partial charge in [0.2, 0.25) is 0 Å². The molecule has 0 aromatic carbocycles. The Morgan fingerprint density at radius 1 is 1.64 bits per heavy atom. The monoisotopic (exact) mass is 205 g/mol. The van der Waals surface area contributed by atoms with Gasteiger partial charge >= 0.3 is 0 Å². The Bertz CT molecular complexity index is 473. The van der Waals surface area contributed by atoms with Gasteiger partial charge in [0, 0.05) is 18.3 Å². The summed E-state index contributed by atoms with van der Waals surface area (Å²) in [6.45, 7) is 2.66. The maximum Gasteiger partial charge on any atom is 0.127 e. The summed E-state index contributed by atoms with van der Waals surface area (Å²) in [6.07, 6.45) is 1.77. The zero-order valence-corrected chi connectivity index (χ0v) is 8.71. The largest absolute Gasteiger partial charge is 0.383 e. The highest BCUT2D eigenvalue weighted by Gasteiger charge is 2.01. The Kier molecular flexibility index (Phi) is 2.45. The topological polar surface area (TPSA) is 51.3 Å². The lowest BCUT2D eigenvalue weighted by molar-refractivity contribution is 1.12. The molecule has 2 N–H and O–H groups in total. The molecule has 2 aromatic rings. The molecule has 3 nitrogen and oxygen atoms in total. The normalized spacial score (nSPS) is 12.2. The predicted molar refractivity (Wildman–Crippen MR) is 60.9 cm³/mol. The van der Waals surface area contributed by atoms with Crippen LogP contribution in [0.2, 0.25) is 0 Å². The van der Waals surface area contributed by atoms with E-state index >= 15 is 0 Å². The number of nitrogens with two attached hydrogens (primary N) is 1. The quantitative estimate of drug-likeness (QED) is 0.602. The van der Waals surface area contributed by atoms with E-state index < -0.39 is 0 Å². The summed E-state index contributed by atoms with van der Waals surface area (Å²) in [4.78, 5) is 8.44. The first kappa shape index (κ1) is 9.15. The van der Waals surface area contributed by atoms with E-state index in [1.807, 2.05) is 24.4 Å². The van der Waals surface area contributed by atoms with E-state index in [2.05, 4.69) is 9.98 Å². The Hall–Kier alpha value is -1.42. The van der Waals surface area contributed by atoms with E-state index in [1.54, 1.807) is 17.5 Å². The lowest BCUT2D eigenvalue weighted by atomic mass is 10.2. The highest BCUT2D eigenvalue weighted by atomic mass is 32.1. The summed E-state index contributed by atoms with van der Waals surface area (Å²) in [7, 11) is 0. The van der Waals surface area contributed by atoms with Crippen LogP contribution in [0.15, 0.2) is 28.7 Å². The average molecular weight is 205 g/mol. The average Bonchev–Trinajstić information content (AvgIpc) is 2.64. The van der Waals surface area contributed by atoms with Gasteiger partial charge in [-0.1, -0.05) is 0 Å². The number of hydrogen-bond donors (Lipinski definition) is 1. The van der Waals surface area contributed by atoms with E-state index in [0.29, 0.717) is 12.4 Å². The van der Waals surface area contributed by atoms with Crippen LogP contribution in [0.4, 0.5) is 0 Å². The predicted octanol–water partition coefficient (Wildman–Crippen LogP) is 2.02. The van der Waals surface area contributed by atoms with Crippen molar-refractivity contribution in [2.24, 2.45) is 10.7 Å². The SMILES string of the molecule is CCN=C(N)c1cnc2ccsc2c1. The Labute approximate surface area is 86.3 Å². The summed E-state index contributed by atoms with van der Waals surface area (Å²) in [5, 5.41) is 2.02. The molecule has 0 amide bonds. The third kappa shape index (κ3) is 1.61. The smallest absolute Gasteiger partial charge is 0.127 e. The Morgan fingerprint density at radius 3 is 3.29 bits per heavy atom. The van der Waals surface area contributed by atoms with E-state index in [1.165, 1.54) is 0 Å². The van der Waals surface area contributed by atoms with Crippen LogP contribution in [0, 0.1) is 0 Å². The Balaban J connectivity index is 2.48. The van der Waals surface area contributed by atoms with E-state index in [9.17, 15) is 0 Å². The fourth-order valence-corrected chi connectivity index (χ4v) is 2.03. The van der Waals surface area contributed by atoms with Gasteiger partial charge in [0.15, 0.2) is 0 Å². The summed E-state index contributed by atoms with van der Waals surface area (Å²) in [5.74, 6) is 0.565. The number of hydrogen-bond acceptors (Lipinski definition) is 3. The van der Waals surface area contributed by atoms with Crippen LogP contribution in [0.25, 0.3) is 10.2 Å². The highest BCUT2D eigenvalue weighted by molar-refractivity contribution is 7.17. The fourth-order valence-electron chi connectivity index (χ4n) is 1.25. The second-order valence-electron chi connectivity index (χ2n) is 2.89. The van der Waals surface area contributed by atoms with Gasteiger partial charge < -0.3 is 5.73 Å². The van der Waals surface area contributed by atoms with Crippen molar-refractivity contribution >= 4 is 27.4 Å². The Morgan fingerprint density at radius 2 is 2.50 bits per heavy atom. The molecule has 0 aliphatic carbocycles. The number of aromatic nitrogens is 1. The second kappa shape index (κ2) is 3.75. The van der Waals surface area contributed by atoms with Gasteiger partial charge in [0.05, 0.1) is 10.2 Å². The van der Waals surface area contributed by atoms with Crippen molar-refractivity contribution in [1.29, 1.82) is 0 Å². The first-order valence-electron chi connectivity index (χ1n) is 4.45. The number of pyridine rings is 1. The van der Waals surface area contributed by atoms with Gasteiger partial charge in [0.25, 0.3) is 0 Å². The van der Waals surface area contributed by atoms with Crippen LogP contribution in [-0.2, 0) is 0 Å². The first-order valence-corrected chi connectivity index (χ1v) is 5.32. The molecule has 0 spiro atoms. The van der Waals surface area contributed by atoms with Gasteiger partial charge in [0.1, 0.15) is 5.84 Å². The number of fused-ring (bicyclic) bond motifs is 1. The zero-order chi connectivity index (χ0) is 9.97. The molecule has 0 unspecified atom stereocenters. The van der Waals surface area contributed by atoms with Crippen LogP contribution in [0.5, 0.6) is 0 Å². The molecule has 0 saturated heterocycles. The van der Waals surface area contributed by atoms with Crippen molar-refractivity contribution < 1.29 is 0 Å². The van der Waals surface area contributed by atoms with Crippen molar-refractivity contribution in [2.45, 2.75) is 6.92 Å². The van der Waals surface area contributed by atoms with Crippen LogP contribution in [0.1, 0.15) is 12.5 Å². The minimum absolute atomic E-state index is 0.565. The van der Waals surface area contributed by atoms with Crippen LogP contribution >= 0.6 is 11.3 Å². The molecule has 14 heavy (non-hydrogen) atoms. The van der Waals surface area contributed by atoms with Crippen molar-refractivity contribution in [1.82, 2.24) is 4.98 Å². The van der Waals surface area contributed by atoms with Gasteiger partial charge in [-0.2, -0.15) is 0 Å². The number of nitrogens with zero attached hydrogens (tertiary/aromatic N) is 2. The molecule has 2 aromatic heterocycles. The summed E-state index contributed by atoms with van der Waals surface area (Å²) < 4.78 is 1.15. The van der Waals surface area contributed by atoms with Crippen LogP contribution in [-0.4, -0.2) is 17.4 Å². The molecule has 0 saturated carbocycles. The lowest BCUT2D eigenvalue weighted by Crippen LogP contribution is -2.13. The number of aliphatic imine (C=N–C) groups is 1. The van der Waals surface area contributed by atoms with Gasteiger partial charge in [-0.3, -0.25) is 9.98 Å². The van der Waals surface area contributed by atoms with Gasteiger partial charge in [-0.05, 0) is 24.4 Å². The van der Waals surface area contributed by atoms with E-state index in [4.69, 9.17) is 5.73 Å². The number of thiophene rings is 1. The standard InChI is InChI=1S/C10H11N3S/c1-2-12-10(11)7-5-9-8(13-6-7)3-4-14-9/h3-6H,2H2,1H3,(H2,11,12). The minimum Gasteiger partial charge on any atom is -0.383 e. The molecule has 4 heteroatoms.